The molecule has 0 saturated carbocycles. The molecule has 1 aromatic heterocycles. The zero-order valence-corrected chi connectivity index (χ0v) is 7.58. The van der Waals surface area contributed by atoms with Crippen LogP contribution in [0.25, 0.3) is 0 Å². The quantitative estimate of drug-likeness (QED) is 0.753. The Balaban J connectivity index is 2.32. The summed E-state index contributed by atoms with van der Waals surface area (Å²) in [5, 5.41) is 0. The van der Waals surface area contributed by atoms with Crippen molar-refractivity contribution in [2.24, 2.45) is 0 Å². The maximum atomic E-state index is 13.1. The monoisotopic (exact) mass is 206 g/mol. The van der Waals surface area contributed by atoms with Crippen molar-refractivity contribution >= 4 is 0 Å². The number of para-hydroxylation sites is 1. The normalized spacial score (nSPS) is 10.0. The van der Waals surface area contributed by atoms with Crippen molar-refractivity contribution in [1.82, 2.24) is 4.98 Å². The molecule has 0 N–H and O–H groups in total. The predicted octanol–water partition coefficient (Wildman–Crippen LogP) is 2.95. The van der Waals surface area contributed by atoms with Gasteiger partial charge in [-0.1, -0.05) is 6.07 Å². The minimum Gasteiger partial charge on any atom is -0.450 e. The van der Waals surface area contributed by atoms with E-state index in [4.69, 9.17) is 4.74 Å². The van der Waals surface area contributed by atoms with Crippen molar-refractivity contribution in [3.63, 3.8) is 0 Å². The third-order valence-corrected chi connectivity index (χ3v) is 1.73. The van der Waals surface area contributed by atoms with Crippen LogP contribution < -0.4 is 4.74 Å². The topological polar surface area (TPSA) is 22.1 Å². The zero-order chi connectivity index (χ0) is 10.7. The highest BCUT2D eigenvalue weighted by atomic mass is 19.1. The number of rotatable bonds is 2. The minimum atomic E-state index is -0.747. The fourth-order valence-corrected chi connectivity index (χ4v) is 1.06. The van der Waals surface area contributed by atoms with Crippen LogP contribution >= 0.6 is 0 Å². The first-order chi connectivity index (χ1) is 7.27. The molecule has 1 heterocycles. The average molecular weight is 206 g/mol. The number of hydrogen-bond donors (Lipinski definition) is 0. The fraction of sp³-hybridized carbons (Fsp3) is 0. The highest BCUT2D eigenvalue weighted by Crippen LogP contribution is 2.26. The second-order valence-corrected chi connectivity index (χ2v) is 2.78. The first-order valence-corrected chi connectivity index (χ1v) is 4.21. The third-order valence-electron chi connectivity index (χ3n) is 1.73. The van der Waals surface area contributed by atoms with Gasteiger partial charge in [0, 0.05) is 0 Å². The summed E-state index contributed by atoms with van der Waals surface area (Å²) in [4.78, 5) is 3.65. The van der Waals surface area contributed by atoms with Crippen molar-refractivity contribution < 1.29 is 13.5 Å². The second-order valence-electron chi connectivity index (χ2n) is 2.78. The van der Waals surface area contributed by atoms with Gasteiger partial charge in [0.25, 0.3) is 0 Å². The number of ether oxygens (including phenoxy) is 1. The standard InChI is InChI=1S/C11H6F2NO/c12-9-4-1-5-10(13)11(9)15-8-3-2-6-14-7-8/h1-5,7H. The van der Waals surface area contributed by atoms with E-state index in [2.05, 4.69) is 11.2 Å². The van der Waals surface area contributed by atoms with Crippen LogP contribution in [0.15, 0.2) is 36.5 Å². The SMILES string of the molecule is Fc1cccc(F)c1Oc1cc[c]nc1. The molecule has 0 amide bonds. The van der Waals surface area contributed by atoms with Gasteiger partial charge >= 0.3 is 0 Å². The number of hydrogen-bond acceptors (Lipinski definition) is 2. The van der Waals surface area contributed by atoms with Gasteiger partial charge in [0.1, 0.15) is 5.75 Å². The van der Waals surface area contributed by atoms with E-state index in [0.29, 0.717) is 0 Å². The maximum Gasteiger partial charge on any atom is 0.198 e. The first-order valence-electron chi connectivity index (χ1n) is 4.21. The smallest absolute Gasteiger partial charge is 0.198 e. The lowest BCUT2D eigenvalue weighted by atomic mass is 10.3. The Morgan fingerprint density at radius 1 is 1.13 bits per heavy atom. The van der Waals surface area contributed by atoms with Gasteiger partial charge in [0.05, 0.1) is 12.4 Å². The minimum absolute atomic E-state index is 0.262. The fourth-order valence-electron chi connectivity index (χ4n) is 1.06. The first kappa shape index (κ1) is 9.58. The van der Waals surface area contributed by atoms with Crippen molar-refractivity contribution in [3.8, 4) is 11.5 Å². The number of pyridine rings is 1. The van der Waals surface area contributed by atoms with Gasteiger partial charge in [-0.05, 0) is 24.3 Å². The number of aromatic nitrogens is 1. The summed E-state index contributed by atoms with van der Waals surface area (Å²) in [6, 6.07) is 6.53. The molecular formula is C11H6F2NO. The lowest BCUT2D eigenvalue weighted by Crippen LogP contribution is -1.92. The van der Waals surface area contributed by atoms with E-state index in [1.165, 1.54) is 24.4 Å². The van der Waals surface area contributed by atoms with Crippen molar-refractivity contribution in [2.45, 2.75) is 0 Å². The van der Waals surface area contributed by atoms with E-state index in [-0.39, 0.29) is 5.75 Å². The molecule has 0 aliphatic rings. The van der Waals surface area contributed by atoms with Gasteiger partial charge in [-0.3, -0.25) is 4.98 Å². The van der Waals surface area contributed by atoms with Crippen molar-refractivity contribution in [3.05, 3.63) is 54.4 Å². The Kier molecular flexibility index (Phi) is 2.58. The number of nitrogens with zero attached hydrogens (tertiary/aromatic N) is 1. The van der Waals surface area contributed by atoms with Gasteiger partial charge in [0.2, 0.25) is 0 Å². The van der Waals surface area contributed by atoms with E-state index in [1.807, 2.05) is 0 Å². The molecule has 4 heteroatoms. The summed E-state index contributed by atoms with van der Waals surface area (Å²) in [5.74, 6) is -1.66. The molecule has 15 heavy (non-hydrogen) atoms. The van der Waals surface area contributed by atoms with E-state index in [0.717, 1.165) is 12.1 Å². The largest absolute Gasteiger partial charge is 0.450 e. The van der Waals surface area contributed by atoms with Crippen LogP contribution in [-0.4, -0.2) is 4.98 Å². The molecular weight excluding hydrogens is 200 g/mol. The molecule has 0 spiro atoms. The van der Waals surface area contributed by atoms with E-state index in [9.17, 15) is 8.78 Å². The van der Waals surface area contributed by atoms with Gasteiger partial charge in [-0.2, -0.15) is 0 Å². The van der Waals surface area contributed by atoms with Gasteiger partial charge in [0.15, 0.2) is 17.4 Å². The summed E-state index contributed by atoms with van der Waals surface area (Å²) < 4.78 is 31.3. The lowest BCUT2D eigenvalue weighted by molar-refractivity contribution is 0.406. The molecule has 0 unspecified atom stereocenters. The van der Waals surface area contributed by atoms with E-state index < -0.39 is 17.4 Å². The molecule has 2 aromatic rings. The van der Waals surface area contributed by atoms with Gasteiger partial charge in [-0.25, -0.2) is 8.78 Å². The van der Waals surface area contributed by atoms with Crippen LogP contribution in [0.2, 0.25) is 0 Å². The number of benzene rings is 1. The van der Waals surface area contributed by atoms with Crippen LogP contribution in [0.3, 0.4) is 0 Å². The summed E-state index contributed by atoms with van der Waals surface area (Å²) in [5.41, 5.74) is 0. The molecule has 2 rings (SSSR count). The van der Waals surface area contributed by atoms with Crippen LogP contribution in [0.5, 0.6) is 11.5 Å². The molecule has 0 saturated heterocycles. The van der Waals surface area contributed by atoms with Gasteiger partial charge in [-0.15, -0.1) is 0 Å². The Bertz CT molecular complexity index is 439. The Labute approximate surface area is 85.2 Å². The average Bonchev–Trinajstić information content (AvgIpc) is 2.25. The van der Waals surface area contributed by atoms with Crippen LogP contribution in [0.1, 0.15) is 0 Å². The summed E-state index contributed by atoms with van der Waals surface area (Å²) in [6.07, 6.45) is 3.86. The lowest BCUT2D eigenvalue weighted by Gasteiger charge is -2.06. The summed E-state index contributed by atoms with van der Waals surface area (Å²) in [7, 11) is 0. The van der Waals surface area contributed by atoms with Gasteiger partial charge < -0.3 is 4.74 Å². The second kappa shape index (κ2) is 4.04. The summed E-state index contributed by atoms with van der Waals surface area (Å²) >= 11 is 0. The molecule has 0 fully saturated rings. The molecule has 1 aromatic carbocycles. The molecule has 0 aliphatic heterocycles. The van der Waals surface area contributed by atoms with Crippen LogP contribution in [-0.2, 0) is 0 Å². The molecule has 0 atom stereocenters. The molecule has 75 valence electrons. The van der Waals surface area contributed by atoms with Crippen molar-refractivity contribution in [2.75, 3.05) is 0 Å². The predicted molar refractivity (Wildman–Crippen MR) is 49.5 cm³/mol. The maximum absolute atomic E-state index is 13.1. The van der Waals surface area contributed by atoms with E-state index in [1.54, 1.807) is 0 Å². The van der Waals surface area contributed by atoms with Crippen LogP contribution in [0, 0.1) is 17.8 Å². The number of halogens is 2. The van der Waals surface area contributed by atoms with E-state index >= 15 is 0 Å². The molecule has 0 aliphatic carbocycles. The Morgan fingerprint density at radius 3 is 2.47 bits per heavy atom. The zero-order valence-electron chi connectivity index (χ0n) is 7.58. The van der Waals surface area contributed by atoms with Crippen molar-refractivity contribution in [1.29, 1.82) is 0 Å². The molecule has 0 bridgehead atoms. The van der Waals surface area contributed by atoms with Crippen LogP contribution in [0.4, 0.5) is 8.78 Å². The third kappa shape index (κ3) is 2.10. The molecule has 2 nitrogen and oxygen atoms in total. The molecule has 1 radical (unpaired) electrons. The highest BCUT2D eigenvalue weighted by Gasteiger charge is 2.10. The highest BCUT2D eigenvalue weighted by molar-refractivity contribution is 5.31. The Morgan fingerprint density at radius 2 is 1.87 bits per heavy atom. The Hall–Kier alpha value is -1.97. The summed E-state index contributed by atoms with van der Waals surface area (Å²) in [6.45, 7) is 0.